The highest BCUT2D eigenvalue weighted by atomic mass is 32.2. The van der Waals surface area contributed by atoms with Gasteiger partial charge >= 0.3 is 0 Å². The van der Waals surface area contributed by atoms with Crippen molar-refractivity contribution in [1.29, 1.82) is 0 Å². The number of aryl methyl sites for hydroxylation is 1. The van der Waals surface area contributed by atoms with Crippen molar-refractivity contribution < 1.29 is 14.1 Å². The quantitative estimate of drug-likeness (QED) is 0.861. The third-order valence-corrected chi connectivity index (χ3v) is 5.08. The second-order valence-electron chi connectivity index (χ2n) is 5.79. The average molecular weight is 331 g/mol. The lowest BCUT2D eigenvalue weighted by Gasteiger charge is -2.28. The second-order valence-corrected chi connectivity index (χ2v) is 6.81. The molecule has 1 atom stereocenters. The van der Waals surface area contributed by atoms with Crippen molar-refractivity contribution in [3.05, 3.63) is 35.5 Å². The Kier molecular flexibility index (Phi) is 3.82. The SMILES string of the molecule is Cc1ccc2c(c1)SCC(=O)N2Cc1noc([C@@H]2CCCO2)n1. The Morgan fingerprint density at radius 3 is 3.17 bits per heavy atom. The minimum absolute atomic E-state index is 0.0646. The number of aromatic nitrogens is 2. The van der Waals surface area contributed by atoms with Gasteiger partial charge in [-0.2, -0.15) is 4.98 Å². The summed E-state index contributed by atoms with van der Waals surface area (Å²) in [5.41, 5.74) is 2.10. The Balaban J connectivity index is 1.57. The number of fused-ring (bicyclic) bond motifs is 1. The molecular weight excluding hydrogens is 314 g/mol. The fourth-order valence-electron chi connectivity index (χ4n) is 2.86. The van der Waals surface area contributed by atoms with Gasteiger partial charge in [0.25, 0.3) is 5.89 Å². The molecule has 6 nitrogen and oxygen atoms in total. The predicted molar refractivity (Wildman–Crippen MR) is 85.3 cm³/mol. The van der Waals surface area contributed by atoms with Crippen LogP contribution in [0.5, 0.6) is 0 Å². The van der Waals surface area contributed by atoms with Gasteiger partial charge in [-0.3, -0.25) is 4.79 Å². The molecular formula is C16H17N3O3S. The van der Waals surface area contributed by atoms with Crippen LogP contribution in [0, 0.1) is 6.92 Å². The lowest BCUT2D eigenvalue weighted by atomic mass is 10.2. The maximum atomic E-state index is 12.3. The normalized spacial score (nSPS) is 20.8. The predicted octanol–water partition coefficient (Wildman–Crippen LogP) is 2.87. The molecule has 1 amide bonds. The Bertz CT molecular complexity index is 740. The maximum absolute atomic E-state index is 12.3. The Morgan fingerprint density at radius 2 is 2.35 bits per heavy atom. The van der Waals surface area contributed by atoms with Crippen molar-refractivity contribution in [3.63, 3.8) is 0 Å². The van der Waals surface area contributed by atoms with Gasteiger partial charge in [0.15, 0.2) is 5.82 Å². The highest BCUT2D eigenvalue weighted by Crippen LogP contribution is 2.36. The summed E-state index contributed by atoms with van der Waals surface area (Å²) in [4.78, 5) is 19.6. The fraction of sp³-hybridized carbons (Fsp3) is 0.438. The van der Waals surface area contributed by atoms with E-state index in [2.05, 4.69) is 23.1 Å². The molecule has 1 aromatic carbocycles. The van der Waals surface area contributed by atoms with Crippen molar-refractivity contribution in [1.82, 2.24) is 10.1 Å². The first-order valence-corrected chi connectivity index (χ1v) is 8.67. The van der Waals surface area contributed by atoms with E-state index < -0.39 is 0 Å². The Morgan fingerprint density at radius 1 is 1.43 bits per heavy atom. The maximum Gasteiger partial charge on any atom is 0.255 e. The molecule has 23 heavy (non-hydrogen) atoms. The van der Waals surface area contributed by atoms with Gasteiger partial charge in [-0.05, 0) is 37.5 Å². The van der Waals surface area contributed by atoms with E-state index in [0.717, 1.165) is 30.0 Å². The number of hydrogen-bond donors (Lipinski definition) is 0. The average Bonchev–Trinajstić information content (AvgIpc) is 3.21. The lowest BCUT2D eigenvalue weighted by molar-refractivity contribution is -0.116. The summed E-state index contributed by atoms with van der Waals surface area (Å²) in [6.45, 7) is 3.11. The number of amides is 1. The molecule has 3 heterocycles. The van der Waals surface area contributed by atoms with Crippen molar-refractivity contribution in [2.75, 3.05) is 17.3 Å². The topological polar surface area (TPSA) is 68.5 Å². The van der Waals surface area contributed by atoms with Gasteiger partial charge in [0.1, 0.15) is 6.10 Å². The van der Waals surface area contributed by atoms with Crippen LogP contribution in [0.1, 0.15) is 36.2 Å². The van der Waals surface area contributed by atoms with Crippen molar-refractivity contribution >= 4 is 23.4 Å². The molecule has 0 spiro atoms. The minimum atomic E-state index is -0.0983. The van der Waals surface area contributed by atoms with E-state index in [4.69, 9.17) is 9.26 Å². The molecule has 2 aliphatic heterocycles. The zero-order chi connectivity index (χ0) is 15.8. The van der Waals surface area contributed by atoms with Gasteiger partial charge in [-0.1, -0.05) is 11.2 Å². The smallest absolute Gasteiger partial charge is 0.255 e. The number of benzene rings is 1. The third-order valence-electron chi connectivity index (χ3n) is 4.05. The molecule has 0 unspecified atom stereocenters. The van der Waals surface area contributed by atoms with Gasteiger partial charge in [0.2, 0.25) is 5.91 Å². The summed E-state index contributed by atoms with van der Waals surface area (Å²) in [6, 6.07) is 6.10. The van der Waals surface area contributed by atoms with Crippen LogP contribution in [0.4, 0.5) is 5.69 Å². The molecule has 2 aliphatic rings. The second kappa shape index (κ2) is 5.98. The van der Waals surface area contributed by atoms with Crippen LogP contribution in [-0.2, 0) is 16.1 Å². The standard InChI is InChI=1S/C16H17N3O3S/c1-10-4-5-11-13(7-10)23-9-15(20)19(11)8-14-17-16(22-18-14)12-3-2-6-21-12/h4-5,7,12H,2-3,6,8-9H2,1H3/t12-/m0/s1. The van der Waals surface area contributed by atoms with Crippen molar-refractivity contribution in [3.8, 4) is 0 Å². The summed E-state index contributed by atoms with van der Waals surface area (Å²) >= 11 is 1.58. The highest BCUT2D eigenvalue weighted by Gasteiger charge is 2.28. The molecule has 7 heteroatoms. The summed E-state index contributed by atoms with van der Waals surface area (Å²) in [7, 11) is 0. The summed E-state index contributed by atoms with van der Waals surface area (Å²) in [6.07, 6.45) is 1.82. The van der Waals surface area contributed by atoms with Crippen LogP contribution in [0.15, 0.2) is 27.6 Å². The van der Waals surface area contributed by atoms with Gasteiger partial charge < -0.3 is 14.2 Å². The van der Waals surface area contributed by atoms with Crippen LogP contribution in [0.3, 0.4) is 0 Å². The zero-order valence-corrected chi connectivity index (χ0v) is 13.6. The molecule has 0 radical (unpaired) electrons. The number of thioether (sulfide) groups is 1. The van der Waals surface area contributed by atoms with Crippen LogP contribution < -0.4 is 4.90 Å². The van der Waals surface area contributed by atoms with Crippen molar-refractivity contribution in [2.45, 2.75) is 37.3 Å². The van der Waals surface area contributed by atoms with Crippen LogP contribution in [-0.4, -0.2) is 28.4 Å². The van der Waals surface area contributed by atoms with Gasteiger partial charge in [-0.15, -0.1) is 11.8 Å². The number of ether oxygens (including phenoxy) is 1. The molecule has 0 bridgehead atoms. The van der Waals surface area contributed by atoms with E-state index in [0.29, 0.717) is 24.0 Å². The van der Waals surface area contributed by atoms with E-state index in [1.165, 1.54) is 5.56 Å². The van der Waals surface area contributed by atoms with Crippen LogP contribution in [0.25, 0.3) is 0 Å². The van der Waals surface area contributed by atoms with E-state index in [1.807, 2.05) is 12.1 Å². The number of hydrogen-bond acceptors (Lipinski definition) is 6. The first-order chi connectivity index (χ1) is 11.2. The third kappa shape index (κ3) is 2.86. The Hall–Kier alpha value is -1.86. The molecule has 120 valence electrons. The molecule has 1 saturated heterocycles. The Labute approximate surface area is 138 Å². The molecule has 0 N–H and O–H groups in total. The van der Waals surface area contributed by atoms with E-state index in [9.17, 15) is 4.79 Å². The first-order valence-electron chi connectivity index (χ1n) is 7.68. The summed E-state index contributed by atoms with van der Waals surface area (Å²) in [5, 5.41) is 4.01. The van der Waals surface area contributed by atoms with Crippen LogP contribution >= 0.6 is 11.8 Å². The van der Waals surface area contributed by atoms with Gasteiger partial charge in [-0.25, -0.2) is 0 Å². The summed E-state index contributed by atoms with van der Waals surface area (Å²) in [5.74, 6) is 1.53. The number of carbonyl (C=O) groups is 1. The van der Waals surface area contributed by atoms with E-state index in [-0.39, 0.29) is 12.0 Å². The molecule has 1 aromatic heterocycles. The largest absolute Gasteiger partial charge is 0.368 e. The molecule has 4 rings (SSSR count). The molecule has 0 aliphatic carbocycles. The number of carbonyl (C=O) groups excluding carboxylic acids is 1. The fourth-order valence-corrected chi connectivity index (χ4v) is 3.89. The number of rotatable bonds is 3. The lowest BCUT2D eigenvalue weighted by Crippen LogP contribution is -2.35. The molecule has 2 aromatic rings. The molecule has 1 fully saturated rings. The van der Waals surface area contributed by atoms with Gasteiger partial charge in [0.05, 0.1) is 18.0 Å². The zero-order valence-electron chi connectivity index (χ0n) is 12.8. The molecule has 0 saturated carbocycles. The minimum Gasteiger partial charge on any atom is -0.368 e. The number of nitrogens with zero attached hydrogens (tertiary/aromatic N) is 3. The number of anilines is 1. The van der Waals surface area contributed by atoms with E-state index >= 15 is 0 Å². The highest BCUT2D eigenvalue weighted by molar-refractivity contribution is 8.00. The van der Waals surface area contributed by atoms with Crippen LogP contribution in [0.2, 0.25) is 0 Å². The van der Waals surface area contributed by atoms with Crippen molar-refractivity contribution in [2.24, 2.45) is 0 Å². The summed E-state index contributed by atoms with van der Waals surface area (Å²) < 4.78 is 10.9. The first kappa shape index (κ1) is 14.7. The van der Waals surface area contributed by atoms with Gasteiger partial charge in [0, 0.05) is 11.5 Å². The van der Waals surface area contributed by atoms with E-state index in [1.54, 1.807) is 16.7 Å². The monoisotopic (exact) mass is 331 g/mol.